The zero-order valence-corrected chi connectivity index (χ0v) is 16.1. The van der Waals surface area contributed by atoms with Crippen LogP contribution in [0.5, 0.6) is 0 Å². The second-order valence-electron chi connectivity index (χ2n) is 7.41. The van der Waals surface area contributed by atoms with Gasteiger partial charge in [0.15, 0.2) is 17.5 Å². The van der Waals surface area contributed by atoms with Gasteiger partial charge < -0.3 is 15.2 Å². The predicted molar refractivity (Wildman–Crippen MR) is 109 cm³/mol. The lowest BCUT2D eigenvalue weighted by Gasteiger charge is -2.24. The number of anilines is 3. The fourth-order valence-electron chi connectivity index (χ4n) is 3.30. The van der Waals surface area contributed by atoms with Gasteiger partial charge in [-0.2, -0.15) is 10.1 Å². The summed E-state index contributed by atoms with van der Waals surface area (Å²) in [7, 11) is 1.87. The van der Waals surface area contributed by atoms with Crippen molar-refractivity contribution >= 4 is 28.6 Å². The molecule has 0 aliphatic heterocycles. The number of H-pyrrole nitrogens is 2. The second-order valence-corrected chi connectivity index (χ2v) is 7.41. The first-order chi connectivity index (χ1) is 14.1. The fraction of sp³-hybridized carbons (Fsp3) is 0.300. The molecule has 1 unspecified atom stereocenters. The molecule has 4 aromatic rings. The first kappa shape index (κ1) is 17.6. The minimum atomic E-state index is -0.530. The highest BCUT2D eigenvalue weighted by molar-refractivity contribution is 5.74. The van der Waals surface area contributed by atoms with Crippen molar-refractivity contribution in [3.8, 4) is 0 Å². The van der Waals surface area contributed by atoms with E-state index in [1.165, 1.54) is 19.0 Å². The SMILES string of the molecule is CC(c1ccc2[nH]ccc2n1)N(C)c1ncc(F)c(Nc2cc(C3CC3)[nH]n2)n1. The van der Waals surface area contributed by atoms with E-state index in [1.54, 1.807) is 0 Å². The number of nitrogens with one attached hydrogen (secondary N) is 3. The molecule has 4 aromatic heterocycles. The lowest BCUT2D eigenvalue weighted by molar-refractivity contribution is 0.613. The number of pyridine rings is 1. The fourth-order valence-corrected chi connectivity index (χ4v) is 3.30. The van der Waals surface area contributed by atoms with E-state index >= 15 is 0 Å². The Balaban J connectivity index is 1.38. The molecular weight excluding hydrogens is 371 g/mol. The third kappa shape index (κ3) is 3.39. The summed E-state index contributed by atoms with van der Waals surface area (Å²) in [5.74, 6) is 1.05. The van der Waals surface area contributed by atoms with Gasteiger partial charge in [-0.3, -0.25) is 5.10 Å². The van der Waals surface area contributed by atoms with Gasteiger partial charge >= 0.3 is 0 Å². The van der Waals surface area contributed by atoms with Crippen LogP contribution in [0.4, 0.5) is 22.0 Å². The van der Waals surface area contributed by atoms with Gasteiger partial charge in [-0.15, -0.1) is 0 Å². The Hall–Kier alpha value is -3.49. The van der Waals surface area contributed by atoms with Crippen LogP contribution in [-0.4, -0.2) is 37.2 Å². The molecule has 0 spiro atoms. The maximum atomic E-state index is 14.3. The van der Waals surface area contributed by atoms with Crippen molar-refractivity contribution in [2.24, 2.45) is 0 Å². The standard InChI is InChI=1S/C20H21FN8/c1-11(14-5-6-15-16(24-14)7-8-22-15)29(2)20-23-10-13(21)19(26-20)25-18-9-17(27-28-18)12-3-4-12/h5-12,22H,3-4H2,1-2H3,(H2,23,25,26,27,28). The molecule has 29 heavy (non-hydrogen) atoms. The van der Waals surface area contributed by atoms with Crippen LogP contribution in [-0.2, 0) is 0 Å². The van der Waals surface area contributed by atoms with Crippen molar-refractivity contribution in [3.63, 3.8) is 0 Å². The summed E-state index contributed by atoms with van der Waals surface area (Å²) in [6.45, 7) is 2.01. The lowest BCUT2D eigenvalue weighted by atomic mass is 10.2. The summed E-state index contributed by atoms with van der Waals surface area (Å²) < 4.78 is 14.3. The van der Waals surface area contributed by atoms with E-state index in [2.05, 4.69) is 35.5 Å². The molecule has 148 valence electrons. The lowest BCUT2D eigenvalue weighted by Crippen LogP contribution is -2.25. The first-order valence-corrected chi connectivity index (χ1v) is 9.60. The van der Waals surface area contributed by atoms with E-state index in [1.807, 2.05) is 49.3 Å². The van der Waals surface area contributed by atoms with Gasteiger partial charge in [-0.1, -0.05) is 0 Å². The zero-order chi connectivity index (χ0) is 20.0. The monoisotopic (exact) mass is 392 g/mol. The van der Waals surface area contributed by atoms with Gasteiger partial charge in [0.25, 0.3) is 0 Å². The van der Waals surface area contributed by atoms with Gasteiger partial charge in [-0.25, -0.2) is 14.4 Å². The van der Waals surface area contributed by atoms with Crippen LogP contribution >= 0.6 is 0 Å². The molecule has 9 heteroatoms. The van der Waals surface area contributed by atoms with Crippen LogP contribution in [0.1, 0.15) is 43.1 Å². The molecule has 0 amide bonds. The normalized spacial score (nSPS) is 14.9. The summed E-state index contributed by atoms with van der Waals surface area (Å²) in [4.78, 5) is 18.2. The third-order valence-electron chi connectivity index (χ3n) is 5.34. The molecule has 0 aromatic carbocycles. The quantitative estimate of drug-likeness (QED) is 0.458. The van der Waals surface area contributed by atoms with Crippen LogP contribution in [0.3, 0.4) is 0 Å². The molecule has 3 N–H and O–H groups in total. The number of halogens is 1. The smallest absolute Gasteiger partial charge is 0.227 e. The Morgan fingerprint density at radius 1 is 1.24 bits per heavy atom. The van der Waals surface area contributed by atoms with Gasteiger partial charge in [0.05, 0.1) is 29.0 Å². The Morgan fingerprint density at radius 2 is 2.10 bits per heavy atom. The van der Waals surface area contributed by atoms with E-state index in [9.17, 15) is 4.39 Å². The molecule has 0 saturated heterocycles. The van der Waals surface area contributed by atoms with Crippen molar-refractivity contribution in [2.45, 2.75) is 31.7 Å². The summed E-state index contributed by atoms with van der Waals surface area (Å²) in [5.41, 5.74) is 3.83. The molecule has 1 fully saturated rings. The summed E-state index contributed by atoms with van der Waals surface area (Å²) >= 11 is 0. The molecule has 5 rings (SSSR count). The van der Waals surface area contributed by atoms with Crippen molar-refractivity contribution in [1.29, 1.82) is 0 Å². The molecule has 0 bridgehead atoms. The van der Waals surface area contributed by atoms with E-state index in [0.29, 0.717) is 17.7 Å². The number of aromatic amines is 2. The van der Waals surface area contributed by atoms with Gasteiger partial charge in [-0.05, 0) is 38.0 Å². The molecule has 1 atom stereocenters. The highest BCUT2D eigenvalue weighted by atomic mass is 19.1. The number of aromatic nitrogens is 6. The molecule has 1 saturated carbocycles. The van der Waals surface area contributed by atoms with E-state index in [4.69, 9.17) is 0 Å². The second kappa shape index (κ2) is 6.84. The van der Waals surface area contributed by atoms with E-state index < -0.39 is 5.82 Å². The zero-order valence-electron chi connectivity index (χ0n) is 16.1. The predicted octanol–water partition coefficient (Wildman–Crippen LogP) is 4.03. The topological polar surface area (TPSA) is 98.4 Å². The Bertz CT molecular complexity index is 1160. The Morgan fingerprint density at radius 3 is 2.93 bits per heavy atom. The van der Waals surface area contributed by atoms with Crippen molar-refractivity contribution < 1.29 is 4.39 Å². The Kier molecular flexibility index (Phi) is 4.15. The minimum absolute atomic E-state index is 0.0944. The highest BCUT2D eigenvalue weighted by Crippen LogP contribution is 2.39. The number of rotatable bonds is 6. The number of hydrogen-bond donors (Lipinski definition) is 3. The van der Waals surface area contributed by atoms with Crippen LogP contribution in [0.15, 0.2) is 36.7 Å². The van der Waals surface area contributed by atoms with Crippen molar-refractivity contribution in [3.05, 3.63) is 53.9 Å². The maximum Gasteiger partial charge on any atom is 0.227 e. The van der Waals surface area contributed by atoms with Crippen LogP contribution in [0.2, 0.25) is 0 Å². The number of hydrogen-bond acceptors (Lipinski definition) is 6. The van der Waals surface area contributed by atoms with Gasteiger partial charge in [0.2, 0.25) is 5.95 Å². The minimum Gasteiger partial charge on any atom is -0.360 e. The van der Waals surface area contributed by atoms with Crippen LogP contribution in [0, 0.1) is 5.82 Å². The van der Waals surface area contributed by atoms with E-state index in [-0.39, 0.29) is 11.9 Å². The molecular formula is C20H21FN8. The molecule has 1 aliphatic rings. The van der Waals surface area contributed by atoms with Crippen LogP contribution in [0.25, 0.3) is 11.0 Å². The summed E-state index contributed by atoms with van der Waals surface area (Å²) in [6, 6.07) is 7.70. The molecule has 8 nitrogen and oxygen atoms in total. The van der Waals surface area contributed by atoms with Gasteiger partial charge in [0.1, 0.15) is 0 Å². The van der Waals surface area contributed by atoms with Crippen molar-refractivity contribution in [1.82, 2.24) is 30.1 Å². The van der Waals surface area contributed by atoms with Crippen LogP contribution < -0.4 is 10.2 Å². The highest BCUT2D eigenvalue weighted by Gasteiger charge is 2.26. The summed E-state index contributed by atoms with van der Waals surface area (Å²) in [5, 5.41) is 10.2. The average molecular weight is 392 g/mol. The largest absolute Gasteiger partial charge is 0.360 e. The molecule has 0 radical (unpaired) electrons. The number of fused-ring (bicyclic) bond motifs is 1. The average Bonchev–Trinajstić information content (AvgIpc) is 3.29. The van der Waals surface area contributed by atoms with Gasteiger partial charge in [0, 0.05) is 30.9 Å². The first-order valence-electron chi connectivity index (χ1n) is 9.60. The maximum absolute atomic E-state index is 14.3. The third-order valence-corrected chi connectivity index (χ3v) is 5.34. The summed E-state index contributed by atoms with van der Waals surface area (Å²) in [6.07, 6.45) is 5.36. The number of nitrogens with zero attached hydrogens (tertiary/aromatic N) is 5. The van der Waals surface area contributed by atoms with E-state index in [0.717, 1.165) is 22.4 Å². The van der Waals surface area contributed by atoms with Crippen molar-refractivity contribution in [2.75, 3.05) is 17.3 Å². The Labute approximate surface area is 166 Å². The molecule has 4 heterocycles. The molecule has 1 aliphatic carbocycles.